The van der Waals surface area contributed by atoms with Crippen LogP contribution in [0, 0.1) is 0 Å². The van der Waals surface area contributed by atoms with Crippen molar-refractivity contribution in [2.75, 3.05) is 13.2 Å². The van der Waals surface area contributed by atoms with Crippen molar-refractivity contribution in [2.45, 2.75) is 4.90 Å². The number of amides is 1. The SMILES string of the molecule is C(=Cc1ccccc1)COCC=Cc1ccccc1.Cl.O=C1NS(=O)(=O)c2ccccc21. The predicted molar refractivity (Wildman–Crippen MR) is 130 cm³/mol. The summed E-state index contributed by atoms with van der Waals surface area (Å²) in [6.45, 7) is 1.27. The summed E-state index contributed by atoms with van der Waals surface area (Å²) in [7, 11) is -3.55. The van der Waals surface area contributed by atoms with Gasteiger partial charge in [0.15, 0.2) is 0 Å². The summed E-state index contributed by atoms with van der Waals surface area (Å²) in [5.74, 6) is -0.550. The molecule has 1 heterocycles. The first-order valence-electron chi connectivity index (χ1n) is 9.73. The van der Waals surface area contributed by atoms with Gasteiger partial charge < -0.3 is 4.74 Å². The van der Waals surface area contributed by atoms with Crippen molar-refractivity contribution in [1.29, 1.82) is 0 Å². The zero-order valence-electron chi connectivity index (χ0n) is 17.3. The van der Waals surface area contributed by atoms with Crippen molar-refractivity contribution >= 4 is 40.5 Å². The fraction of sp³-hybridized carbons (Fsp3) is 0.0800. The summed E-state index contributed by atoms with van der Waals surface area (Å²) < 4.78 is 29.7. The van der Waals surface area contributed by atoms with E-state index in [1.807, 2.05) is 53.3 Å². The lowest BCUT2D eigenvalue weighted by molar-refractivity contribution is 0.0985. The first kappa shape index (κ1) is 25.1. The molecule has 0 spiro atoms. The van der Waals surface area contributed by atoms with Crippen molar-refractivity contribution in [1.82, 2.24) is 4.72 Å². The third-order valence-corrected chi connectivity index (χ3v) is 5.69. The van der Waals surface area contributed by atoms with Crippen molar-refractivity contribution in [3.8, 4) is 0 Å². The number of carbonyl (C=O) groups excluding carboxylic acids is 1. The molecule has 32 heavy (non-hydrogen) atoms. The minimum Gasteiger partial charge on any atom is -0.373 e. The zero-order chi connectivity index (χ0) is 21.9. The van der Waals surface area contributed by atoms with E-state index in [0.29, 0.717) is 13.2 Å². The van der Waals surface area contributed by atoms with E-state index in [0.717, 1.165) is 0 Å². The Balaban J connectivity index is 0.000000241. The second-order valence-electron chi connectivity index (χ2n) is 6.59. The summed E-state index contributed by atoms with van der Waals surface area (Å²) in [5, 5.41) is 0. The van der Waals surface area contributed by atoms with Gasteiger partial charge in [0, 0.05) is 0 Å². The fourth-order valence-corrected chi connectivity index (χ4v) is 3.99. The molecule has 1 aliphatic rings. The molecule has 1 aliphatic heterocycles. The minimum absolute atomic E-state index is 0. The Labute approximate surface area is 194 Å². The number of rotatable bonds is 6. The summed E-state index contributed by atoms with van der Waals surface area (Å²) in [4.78, 5) is 11.1. The maximum Gasteiger partial charge on any atom is 0.266 e. The smallest absolute Gasteiger partial charge is 0.266 e. The highest BCUT2D eigenvalue weighted by Crippen LogP contribution is 2.20. The van der Waals surface area contributed by atoms with Gasteiger partial charge in [0.25, 0.3) is 15.9 Å². The highest BCUT2D eigenvalue weighted by molar-refractivity contribution is 7.90. The van der Waals surface area contributed by atoms with Crippen LogP contribution >= 0.6 is 12.4 Å². The molecule has 0 unspecified atom stereocenters. The monoisotopic (exact) mass is 469 g/mol. The quantitative estimate of drug-likeness (QED) is 0.517. The van der Waals surface area contributed by atoms with Crippen LogP contribution in [0.1, 0.15) is 21.5 Å². The molecule has 0 saturated carbocycles. The highest BCUT2D eigenvalue weighted by Gasteiger charge is 2.31. The third-order valence-electron chi connectivity index (χ3n) is 4.30. The Morgan fingerprint density at radius 3 is 1.69 bits per heavy atom. The van der Waals surface area contributed by atoms with E-state index < -0.39 is 15.9 Å². The third kappa shape index (κ3) is 7.50. The topological polar surface area (TPSA) is 72.5 Å². The number of halogens is 1. The van der Waals surface area contributed by atoms with E-state index in [2.05, 4.69) is 36.4 Å². The van der Waals surface area contributed by atoms with E-state index in [1.54, 1.807) is 12.1 Å². The Kier molecular flexibility index (Phi) is 9.88. The second kappa shape index (κ2) is 12.6. The van der Waals surface area contributed by atoms with Gasteiger partial charge in [0.2, 0.25) is 0 Å². The molecular weight excluding hydrogens is 446 g/mol. The van der Waals surface area contributed by atoms with Crippen LogP contribution in [-0.4, -0.2) is 27.5 Å². The average Bonchev–Trinajstić information content (AvgIpc) is 3.03. The van der Waals surface area contributed by atoms with Gasteiger partial charge in [-0.1, -0.05) is 97.1 Å². The molecule has 0 radical (unpaired) electrons. The highest BCUT2D eigenvalue weighted by atomic mass is 35.5. The van der Waals surface area contributed by atoms with Gasteiger partial charge >= 0.3 is 0 Å². The predicted octanol–water partition coefficient (Wildman–Crippen LogP) is 4.97. The van der Waals surface area contributed by atoms with E-state index in [-0.39, 0.29) is 22.9 Å². The fourth-order valence-electron chi connectivity index (χ4n) is 2.82. The van der Waals surface area contributed by atoms with E-state index in [9.17, 15) is 13.2 Å². The standard InChI is InChI=1S/C18H18O.C7H5NO3S.ClH/c1-3-9-17(10-4-1)13-7-15-19-16-8-14-18-11-5-2-6-12-18;9-7-5-3-1-2-4-6(5)12(10,11)8-7;/h1-14H,15-16H2;1-4H,(H,8,9);1H. The maximum atomic E-state index is 11.1. The Morgan fingerprint density at radius 2 is 1.19 bits per heavy atom. The molecule has 4 rings (SSSR count). The maximum absolute atomic E-state index is 11.1. The molecular formula is C25H24ClNO4S. The van der Waals surface area contributed by atoms with Crippen molar-refractivity contribution in [3.05, 3.63) is 114 Å². The van der Waals surface area contributed by atoms with Gasteiger partial charge in [-0.05, 0) is 23.3 Å². The van der Waals surface area contributed by atoms with Gasteiger partial charge in [-0.15, -0.1) is 12.4 Å². The number of hydrogen-bond acceptors (Lipinski definition) is 4. The molecule has 1 N–H and O–H groups in total. The summed E-state index contributed by atoms with van der Waals surface area (Å²) in [5.41, 5.74) is 2.62. The molecule has 0 aliphatic carbocycles. The number of carbonyl (C=O) groups is 1. The molecule has 3 aromatic rings. The molecule has 5 nitrogen and oxygen atoms in total. The largest absolute Gasteiger partial charge is 0.373 e. The lowest BCUT2D eigenvalue weighted by Crippen LogP contribution is -2.20. The Morgan fingerprint density at radius 1 is 0.719 bits per heavy atom. The van der Waals surface area contributed by atoms with Crippen LogP contribution in [0.2, 0.25) is 0 Å². The van der Waals surface area contributed by atoms with E-state index >= 15 is 0 Å². The number of sulfonamides is 1. The van der Waals surface area contributed by atoms with Crippen molar-refractivity contribution < 1.29 is 17.9 Å². The minimum atomic E-state index is -3.55. The summed E-state index contributed by atoms with van der Waals surface area (Å²) in [6.07, 6.45) is 8.21. The normalized spacial score (nSPS) is 13.7. The van der Waals surface area contributed by atoms with Gasteiger partial charge in [-0.3, -0.25) is 4.79 Å². The lowest BCUT2D eigenvalue weighted by Gasteiger charge is -1.96. The molecule has 0 fully saturated rings. The van der Waals surface area contributed by atoms with E-state index in [4.69, 9.17) is 4.74 Å². The van der Waals surface area contributed by atoms with Crippen LogP contribution in [0.3, 0.4) is 0 Å². The molecule has 3 aromatic carbocycles. The van der Waals surface area contributed by atoms with Crippen LogP contribution in [0.5, 0.6) is 0 Å². The molecule has 0 saturated heterocycles. The first-order chi connectivity index (χ1) is 15.1. The molecule has 7 heteroatoms. The van der Waals surface area contributed by atoms with Gasteiger partial charge in [0.05, 0.1) is 18.8 Å². The zero-order valence-corrected chi connectivity index (χ0v) is 18.9. The Hall–Kier alpha value is -3.19. The van der Waals surface area contributed by atoms with Gasteiger partial charge in [0.1, 0.15) is 4.90 Å². The number of ether oxygens (including phenoxy) is 1. The summed E-state index contributed by atoms with van der Waals surface area (Å²) in [6, 6.07) is 26.5. The molecule has 166 valence electrons. The number of benzene rings is 3. The molecule has 0 atom stereocenters. The van der Waals surface area contributed by atoms with Crippen LogP contribution < -0.4 is 4.72 Å². The average molecular weight is 470 g/mol. The summed E-state index contributed by atoms with van der Waals surface area (Å²) >= 11 is 0. The van der Waals surface area contributed by atoms with Crippen LogP contribution in [0.25, 0.3) is 12.2 Å². The lowest BCUT2D eigenvalue weighted by atomic mass is 10.2. The number of hydrogen-bond donors (Lipinski definition) is 1. The van der Waals surface area contributed by atoms with Crippen molar-refractivity contribution in [3.63, 3.8) is 0 Å². The first-order valence-corrected chi connectivity index (χ1v) is 11.2. The second-order valence-corrected chi connectivity index (χ2v) is 8.25. The number of fused-ring (bicyclic) bond motifs is 1. The van der Waals surface area contributed by atoms with Crippen LogP contribution in [-0.2, 0) is 14.8 Å². The van der Waals surface area contributed by atoms with Crippen molar-refractivity contribution in [2.24, 2.45) is 0 Å². The van der Waals surface area contributed by atoms with Gasteiger partial charge in [-0.25, -0.2) is 13.1 Å². The van der Waals surface area contributed by atoms with Gasteiger partial charge in [-0.2, -0.15) is 0 Å². The van der Waals surface area contributed by atoms with Crippen LogP contribution in [0.15, 0.2) is 102 Å². The molecule has 0 aromatic heterocycles. The van der Waals surface area contributed by atoms with E-state index in [1.165, 1.54) is 23.3 Å². The molecule has 1 amide bonds. The Bertz CT molecular complexity index is 1110. The number of nitrogens with one attached hydrogen (secondary N) is 1. The van der Waals surface area contributed by atoms with Crippen LogP contribution in [0.4, 0.5) is 0 Å². The molecule has 0 bridgehead atoms.